The third-order valence-corrected chi connectivity index (χ3v) is 15.4. The smallest absolute Gasteiger partial charge is 0.293 e. The van der Waals surface area contributed by atoms with E-state index in [2.05, 4.69) is 21.9 Å². The van der Waals surface area contributed by atoms with E-state index >= 15 is 0 Å². The molecular weight excluding hydrogens is 881 g/mol. The number of benzene rings is 4. The summed E-state index contributed by atoms with van der Waals surface area (Å²) < 4.78 is 3.46. The molecule has 2 aromatic heterocycles. The van der Waals surface area contributed by atoms with Gasteiger partial charge in [-0.3, -0.25) is 19.2 Å². The van der Waals surface area contributed by atoms with Crippen LogP contribution < -0.4 is 19.6 Å². The molecule has 3 fully saturated rings. The number of aryl methyl sites for hydroxylation is 2. The molecule has 0 bridgehead atoms. The Morgan fingerprint density at radius 1 is 0.500 bits per heavy atom. The third-order valence-electron chi connectivity index (χ3n) is 15.4. The molecule has 5 aliphatic rings. The van der Waals surface area contributed by atoms with E-state index in [1.807, 2.05) is 115 Å². The molecule has 11 rings (SSSR count). The summed E-state index contributed by atoms with van der Waals surface area (Å²) in [5, 5.41) is 9.73. The molecule has 0 spiro atoms. The van der Waals surface area contributed by atoms with Crippen LogP contribution in [0.3, 0.4) is 0 Å². The Morgan fingerprint density at radius 2 is 0.857 bits per heavy atom. The lowest BCUT2D eigenvalue weighted by molar-refractivity contribution is -0.120. The summed E-state index contributed by atoms with van der Waals surface area (Å²) >= 11 is 0. The minimum absolute atomic E-state index is 0.0611. The highest BCUT2D eigenvalue weighted by Gasteiger charge is 2.41. The molecule has 70 heavy (non-hydrogen) atoms. The first-order valence-electron chi connectivity index (χ1n) is 24.9. The number of fused-ring (bicyclic) bond motifs is 2. The van der Waals surface area contributed by atoms with Crippen molar-refractivity contribution in [3.05, 3.63) is 108 Å². The predicted octanol–water partition coefficient (Wildman–Crippen LogP) is 7.62. The van der Waals surface area contributed by atoms with E-state index in [0.717, 1.165) is 108 Å². The molecule has 0 N–H and O–H groups in total. The summed E-state index contributed by atoms with van der Waals surface area (Å²) in [4.78, 5) is 77.2. The Morgan fingerprint density at radius 3 is 1.21 bits per heavy atom. The highest BCUT2D eigenvalue weighted by atomic mass is 16.2. The highest BCUT2D eigenvalue weighted by Crippen LogP contribution is 2.44. The van der Waals surface area contributed by atoms with Crippen molar-refractivity contribution >= 4 is 46.4 Å². The quantitative estimate of drug-likeness (QED) is 0.149. The first-order valence-corrected chi connectivity index (χ1v) is 24.9. The minimum atomic E-state index is -0.325. The molecule has 2 saturated carbocycles. The molecular formula is C54H60N12O4. The van der Waals surface area contributed by atoms with Crippen LogP contribution in [0.5, 0.6) is 0 Å². The summed E-state index contributed by atoms with van der Waals surface area (Å²) in [6.45, 7) is 9.10. The van der Waals surface area contributed by atoms with Crippen molar-refractivity contribution in [2.45, 2.75) is 103 Å². The van der Waals surface area contributed by atoms with E-state index in [9.17, 15) is 19.2 Å². The number of carbonyl (C=O) groups excluding carboxylic acids is 4. The summed E-state index contributed by atoms with van der Waals surface area (Å²) in [5.41, 5.74) is 8.95. The predicted molar refractivity (Wildman–Crippen MR) is 270 cm³/mol. The van der Waals surface area contributed by atoms with E-state index in [-0.39, 0.29) is 85.6 Å². The number of carbonyl (C=O) groups is 4. The molecule has 4 aromatic carbocycles. The van der Waals surface area contributed by atoms with Crippen molar-refractivity contribution in [2.24, 2.45) is 0 Å². The number of amides is 4. The van der Waals surface area contributed by atoms with Gasteiger partial charge in [0.25, 0.3) is 11.8 Å². The van der Waals surface area contributed by atoms with Gasteiger partial charge in [0.15, 0.2) is 11.6 Å². The fourth-order valence-electron chi connectivity index (χ4n) is 11.5. The van der Waals surface area contributed by atoms with Crippen LogP contribution in [0.25, 0.3) is 34.2 Å². The van der Waals surface area contributed by atoms with Gasteiger partial charge in [-0.15, -0.1) is 10.2 Å². The van der Waals surface area contributed by atoms with Gasteiger partial charge >= 0.3 is 0 Å². The fourth-order valence-corrected chi connectivity index (χ4v) is 11.5. The van der Waals surface area contributed by atoms with Gasteiger partial charge in [0.2, 0.25) is 23.5 Å². The number of anilines is 4. The lowest BCUT2D eigenvalue weighted by Crippen LogP contribution is -2.54. The van der Waals surface area contributed by atoms with Gasteiger partial charge in [-0.05, 0) is 114 Å². The molecule has 0 unspecified atom stereocenters. The Kier molecular flexibility index (Phi) is 11.5. The molecule has 2 atom stereocenters. The number of aromatic nitrogens is 6. The van der Waals surface area contributed by atoms with Crippen LogP contribution in [-0.4, -0.2) is 127 Å². The third kappa shape index (κ3) is 7.77. The van der Waals surface area contributed by atoms with Crippen molar-refractivity contribution in [2.75, 3.05) is 59.9 Å². The standard InChI is InChI=1S/C54H60N12O4/c1-33-15-21-41(22-16-33)65-49(37-19-25-43-45(31-37)63(39-11-7-8-12-39)35(3)51(67)59(43)5)55-47(57-65)53(69)61-27-29-62(30-28-61)54(70)48-56-50(66(58-48)42-23-17-34(2)18-24-42)38-20-26-44-46(32-38)64(40-13-9-10-14-40)36(4)52(68)60(44)6/h15-26,31-32,35-36,39-40H,7-14,27-30H2,1-6H3/t35-,36+. The van der Waals surface area contributed by atoms with Crippen LogP contribution in [0.4, 0.5) is 22.7 Å². The molecule has 0 radical (unpaired) electrons. The second-order valence-electron chi connectivity index (χ2n) is 19.8. The minimum Gasteiger partial charge on any atom is -0.355 e. The molecule has 360 valence electrons. The van der Waals surface area contributed by atoms with Crippen LogP contribution in [0.1, 0.15) is 97.6 Å². The molecule has 5 heterocycles. The Hall–Kier alpha value is -7.36. The van der Waals surface area contributed by atoms with Crippen LogP contribution in [0, 0.1) is 13.8 Å². The van der Waals surface area contributed by atoms with Gasteiger partial charge in [-0.25, -0.2) is 19.3 Å². The Labute approximate surface area is 408 Å². The van der Waals surface area contributed by atoms with E-state index in [1.54, 1.807) is 29.0 Å². The zero-order valence-electron chi connectivity index (χ0n) is 40.9. The van der Waals surface area contributed by atoms with Gasteiger partial charge in [0.1, 0.15) is 12.1 Å². The fraction of sp³-hybridized carbons (Fsp3) is 0.407. The molecule has 6 aromatic rings. The van der Waals surface area contributed by atoms with Crippen LogP contribution in [0.15, 0.2) is 84.9 Å². The topological polar surface area (TPSA) is 149 Å². The van der Waals surface area contributed by atoms with Crippen molar-refractivity contribution in [3.63, 3.8) is 0 Å². The lowest BCUT2D eigenvalue weighted by Gasteiger charge is -2.43. The van der Waals surface area contributed by atoms with Crippen molar-refractivity contribution in [3.8, 4) is 34.2 Å². The van der Waals surface area contributed by atoms with E-state index < -0.39 is 0 Å². The number of likely N-dealkylation sites (N-methyl/N-ethyl adjacent to an activating group) is 2. The molecule has 16 heteroatoms. The van der Waals surface area contributed by atoms with E-state index in [0.29, 0.717) is 11.6 Å². The molecule has 16 nitrogen and oxygen atoms in total. The first-order chi connectivity index (χ1) is 33.8. The van der Waals surface area contributed by atoms with Crippen molar-refractivity contribution < 1.29 is 19.2 Å². The average molecular weight is 941 g/mol. The molecule has 3 aliphatic heterocycles. The van der Waals surface area contributed by atoms with Gasteiger partial charge < -0.3 is 29.4 Å². The molecule has 2 aliphatic carbocycles. The summed E-state index contributed by atoms with van der Waals surface area (Å²) in [7, 11) is 3.66. The second kappa shape index (κ2) is 17.9. The summed E-state index contributed by atoms with van der Waals surface area (Å²) in [5.74, 6) is 0.658. The number of hydrogen-bond donors (Lipinski definition) is 0. The zero-order chi connectivity index (χ0) is 48.5. The number of rotatable bonds is 8. The van der Waals surface area contributed by atoms with E-state index in [4.69, 9.17) is 20.2 Å². The van der Waals surface area contributed by atoms with Gasteiger partial charge in [0.05, 0.1) is 34.1 Å². The summed E-state index contributed by atoms with van der Waals surface area (Å²) in [6, 6.07) is 27.9. The zero-order valence-corrected chi connectivity index (χ0v) is 40.9. The van der Waals surface area contributed by atoms with Crippen LogP contribution >= 0.6 is 0 Å². The van der Waals surface area contributed by atoms with E-state index in [1.165, 1.54) is 0 Å². The monoisotopic (exact) mass is 940 g/mol. The second-order valence-corrected chi connectivity index (χ2v) is 19.8. The van der Waals surface area contributed by atoms with Crippen molar-refractivity contribution in [1.29, 1.82) is 0 Å². The molecule has 1 saturated heterocycles. The Bertz CT molecular complexity index is 2810. The largest absolute Gasteiger partial charge is 0.355 e. The normalized spacial score (nSPS) is 19.9. The SMILES string of the molecule is Cc1ccc(-n2nc(C(=O)N3CCN(C(=O)c4nc(-c5ccc6c(c5)N(C5CCCC5)[C@@H](C)C(=O)N6C)n(-c5ccc(C)cc5)n4)CC3)nc2-c2ccc3c(c2)N(C2CCCC2)[C@H](C)C(=O)N3C)cc1. The number of hydrogen-bond acceptors (Lipinski definition) is 10. The average Bonchev–Trinajstić information content (AvgIpc) is 4.24. The van der Waals surface area contributed by atoms with Crippen LogP contribution in [0.2, 0.25) is 0 Å². The van der Waals surface area contributed by atoms with Gasteiger partial charge in [0, 0.05) is 63.5 Å². The van der Waals surface area contributed by atoms with Crippen molar-refractivity contribution in [1.82, 2.24) is 39.3 Å². The van der Waals surface area contributed by atoms with Gasteiger partial charge in [-0.2, -0.15) is 0 Å². The first kappa shape index (κ1) is 45.1. The maximum atomic E-state index is 14.4. The van der Waals surface area contributed by atoms with Crippen LogP contribution in [-0.2, 0) is 9.59 Å². The number of nitrogens with zero attached hydrogens (tertiary/aromatic N) is 12. The molecule has 4 amide bonds. The maximum Gasteiger partial charge on any atom is 0.293 e. The highest BCUT2D eigenvalue weighted by molar-refractivity contribution is 6.07. The maximum absolute atomic E-state index is 14.4. The summed E-state index contributed by atoms with van der Waals surface area (Å²) in [6.07, 6.45) is 8.68. The number of piperazine rings is 1. The van der Waals surface area contributed by atoms with Gasteiger partial charge in [-0.1, -0.05) is 61.1 Å². The lowest BCUT2D eigenvalue weighted by atomic mass is 10.0. The Balaban J connectivity index is 0.870.